The molecule has 1 fully saturated rings. The van der Waals surface area contributed by atoms with Gasteiger partial charge in [-0.25, -0.2) is 0 Å². The molecule has 0 N–H and O–H groups in total. The maximum atomic E-state index is 11.7. The van der Waals surface area contributed by atoms with E-state index < -0.39 is 0 Å². The fraction of sp³-hybridized carbons (Fsp3) is 0.933. The number of carbonyl (C=O) groups excluding carboxylic acids is 1. The summed E-state index contributed by atoms with van der Waals surface area (Å²) in [6.07, 6.45) is 0. The van der Waals surface area contributed by atoms with Gasteiger partial charge in [0.1, 0.15) is 0 Å². The first-order chi connectivity index (χ1) is 10.0. The maximum Gasteiger partial charge on any atom is 0.320 e. The molecule has 1 aliphatic rings. The van der Waals surface area contributed by atoms with Crippen molar-refractivity contribution < 1.29 is 9.53 Å². The molecule has 0 unspecified atom stereocenters. The van der Waals surface area contributed by atoms with Crippen LogP contribution in [-0.4, -0.2) is 112 Å². The summed E-state index contributed by atoms with van der Waals surface area (Å²) >= 11 is 0. The second-order valence-electron chi connectivity index (χ2n) is 5.99. The van der Waals surface area contributed by atoms with Crippen molar-refractivity contribution in [1.82, 2.24) is 19.6 Å². The molecule has 1 saturated heterocycles. The number of rotatable bonds is 3. The van der Waals surface area contributed by atoms with E-state index in [-0.39, 0.29) is 5.97 Å². The number of likely N-dealkylation sites (N-methyl/N-ethyl adjacent to an activating group) is 3. The monoisotopic (exact) mass is 300 g/mol. The van der Waals surface area contributed by atoms with Crippen molar-refractivity contribution in [3.8, 4) is 0 Å². The van der Waals surface area contributed by atoms with Crippen molar-refractivity contribution in [1.29, 1.82) is 0 Å². The number of esters is 1. The fourth-order valence-corrected chi connectivity index (χ4v) is 2.30. The summed E-state index contributed by atoms with van der Waals surface area (Å²) in [5, 5.41) is 0. The molecule has 1 rings (SSSR count). The normalized spacial score (nSPS) is 22.5. The molecule has 1 heterocycles. The Morgan fingerprint density at radius 2 is 1.19 bits per heavy atom. The van der Waals surface area contributed by atoms with Crippen LogP contribution >= 0.6 is 0 Å². The van der Waals surface area contributed by atoms with Crippen LogP contribution in [0, 0.1) is 0 Å². The van der Waals surface area contributed by atoms with Crippen LogP contribution in [0.5, 0.6) is 0 Å². The van der Waals surface area contributed by atoms with Crippen LogP contribution in [0.3, 0.4) is 0 Å². The Kier molecular flexibility index (Phi) is 8.84. The Balaban J connectivity index is 2.52. The Morgan fingerprint density at radius 1 is 0.810 bits per heavy atom. The zero-order chi connectivity index (χ0) is 15.7. The highest BCUT2D eigenvalue weighted by molar-refractivity contribution is 5.71. The van der Waals surface area contributed by atoms with E-state index in [2.05, 4.69) is 40.7 Å². The summed E-state index contributed by atoms with van der Waals surface area (Å²) in [6, 6.07) is 0. The second kappa shape index (κ2) is 10.1. The van der Waals surface area contributed by atoms with Gasteiger partial charge in [-0.15, -0.1) is 0 Å². The van der Waals surface area contributed by atoms with Gasteiger partial charge in [-0.1, -0.05) is 0 Å². The van der Waals surface area contributed by atoms with Crippen molar-refractivity contribution in [2.24, 2.45) is 0 Å². The highest BCUT2D eigenvalue weighted by atomic mass is 16.5. The van der Waals surface area contributed by atoms with Gasteiger partial charge in [0.25, 0.3) is 0 Å². The van der Waals surface area contributed by atoms with Gasteiger partial charge >= 0.3 is 5.97 Å². The van der Waals surface area contributed by atoms with Crippen LogP contribution in [0.25, 0.3) is 0 Å². The smallest absolute Gasteiger partial charge is 0.320 e. The van der Waals surface area contributed by atoms with Gasteiger partial charge in [0.05, 0.1) is 13.2 Å². The summed E-state index contributed by atoms with van der Waals surface area (Å²) in [5.74, 6) is -0.116. The van der Waals surface area contributed by atoms with E-state index in [1.54, 1.807) is 0 Å². The predicted octanol–water partition coefficient (Wildman–Crippen LogP) is -0.339. The third-order valence-corrected chi connectivity index (χ3v) is 3.98. The van der Waals surface area contributed by atoms with Gasteiger partial charge < -0.3 is 19.4 Å². The minimum atomic E-state index is -0.116. The Morgan fingerprint density at radius 3 is 1.57 bits per heavy atom. The van der Waals surface area contributed by atoms with Crippen LogP contribution in [0.2, 0.25) is 0 Å². The summed E-state index contributed by atoms with van der Waals surface area (Å²) in [6.45, 7) is 10.8. The first kappa shape index (κ1) is 18.4. The van der Waals surface area contributed by atoms with Gasteiger partial charge in [-0.2, -0.15) is 0 Å². The van der Waals surface area contributed by atoms with Crippen molar-refractivity contribution in [3.05, 3.63) is 0 Å². The number of hydrogen-bond acceptors (Lipinski definition) is 6. The van der Waals surface area contributed by atoms with Crippen LogP contribution in [-0.2, 0) is 9.53 Å². The molecular formula is C15H32N4O2. The number of nitrogens with zero attached hydrogens (tertiary/aromatic N) is 4. The molecule has 0 spiro atoms. The molecular weight excluding hydrogens is 268 g/mol. The minimum Gasteiger partial charge on any atom is -0.465 e. The van der Waals surface area contributed by atoms with Crippen molar-refractivity contribution in [2.45, 2.75) is 6.92 Å². The maximum absolute atomic E-state index is 11.7. The van der Waals surface area contributed by atoms with Crippen LogP contribution < -0.4 is 0 Å². The summed E-state index contributed by atoms with van der Waals surface area (Å²) in [7, 11) is 6.48. The molecule has 0 aromatic heterocycles. The third-order valence-electron chi connectivity index (χ3n) is 3.98. The Hall–Kier alpha value is -0.690. The third kappa shape index (κ3) is 8.36. The van der Waals surface area contributed by atoms with Crippen LogP contribution in [0.1, 0.15) is 6.92 Å². The van der Waals surface area contributed by atoms with Crippen molar-refractivity contribution >= 4 is 5.97 Å². The second-order valence-corrected chi connectivity index (χ2v) is 5.99. The molecule has 6 heteroatoms. The van der Waals surface area contributed by atoms with E-state index in [1.807, 2.05) is 6.92 Å². The molecule has 0 saturated carbocycles. The molecule has 0 radical (unpaired) electrons. The topological polar surface area (TPSA) is 39.3 Å². The molecule has 0 atom stereocenters. The van der Waals surface area contributed by atoms with Gasteiger partial charge in [0.15, 0.2) is 0 Å². The zero-order valence-electron chi connectivity index (χ0n) is 14.2. The molecule has 0 bridgehead atoms. The number of hydrogen-bond donors (Lipinski definition) is 0. The van der Waals surface area contributed by atoms with E-state index in [4.69, 9.17) is 4.74 Å². The molecule has 0 amide bonds. The molecule has 0 aromatic carbocycles. The SMILES string of the molecule is CCOC(=O)CN1CCN(C)CCN(C)CCN(C)CC1. The van der Waals surface area contributed by atoms with Gasteiger partial charge in [-0.3, -0.25) is 9.69 Å². The van der Waals surface area contributed by atoms with Crippen LogP contribution in [0.15, 0.2) is 0 Å². The molecule has 6 nitrogen and oxygen atoms in total. The zero-order valence-corrected chi connectivity index (χ0v) is 14.2. The van der Waals surface area contributed by atoms with Gasteiger partial charge in [0, 0.05) is 52.4 Å². The highest BCUT2D eigenvalue weighted by Crippen LogP contribution is 1.97. The average Bonchev–Trinajstić information content (AvgIpc) is 2.44. The Bertz CT molecular complexity index is 283. The molecule has 21 heavy (non-hydrogen) atoms. The average molecular weight is 300 g/mol. The molecule has 124 valence electrons. The Labute approximate surface area is 129 Å². The van der Waals surface area contributed by atoms with E-state index in [0.29, 0.717) is 13.2 Å². The lowest BCUT2D eigenvalue weighted by Gasteiger charge is -2.30. The lowest BCUT2D eigenvalue weighted by molar-refractivity contribution is -0.144. The van der Waals surface area contributed by atoms with E-state index >= 15 is 0 Å². The number of carbonyl (C=O) groups is 1. The molecule has 0 aromatic rings. The van der Waals surface area contributed by atoms with Crippen molar-refractivity contribution in [3.63, 3.8) is 0 Å². The molecule has 1 aliphatic heterocycles. The minimum absolute atomic E-state index is 0.116. The van der Waals surface area contributed by atoms with E-state index in [1.165, 1.54) is 0 Å². The fourth-order valence-electron chi connectivity index (χ4n) is 2.30. The number of ether oxygens (including phenoxy) is 1. The lowest BCUT2D eigenvalue weighted by Crippen LogP contribution is -2.44. The van der Waals surface area contributed by atoms with E-state index in [9.17, 15) is 4.79 Å². The summed E-state index contributed by atoms with van der Waals surface area (Å²) < 4.78 is 5.07. The first-order valence-corrected chi connectivity index (χ1v) is 7.95. The van der Waals surface area contributed by atoms with Crippen LogP contribution in [0.4, 0.5) is 0 Å². The van der Waals surface area contributed by atoms with Gasteiger partial charge in [-0.05, 0) is 28.1 Å². The largest absolute Gasteiger partial charge is 0.465 e. The highest BCUT2D eigenvalue weighted by Gasteiger charge is 2.14. The van der Waals surface area contributed by atoms with Gasteiger partial charge in [0.2, 0.25) is 0 Å². The molecule has 0 aliphatic carbocycles. The summed E-state index contributed by atoms with van der Waals surface area (Å²) in [4.78, 5) is 20.9. The standard InChI is InChI=1S/C15H32N4O2/c1-5-21-15(20)14-19-12-10-17(3)8-6-16(2)7-9-18(4)11-13-19/h5-14H2,1-4H3. The lowest BCUT2D eigenvalue weighted by atomic mass is 10.3. The van der Waals surface area contributed by atoms with Crippen molar-refractivity contribution in [2.75, 3.05) is 86.7 Å². The summed E-state index contributed by atoms with van der Waals surface area (Å²) in [5.41, 5.74) is 0. The van der Waals surface area contributed by atoms with E-state index in [0.717, 1.165) is 52.4 Å². The predicted molar refractivity (Wildman–Crippen MR) is 85.6 cm³/mol. The first-order valence-electron chi connectivity index (χ1n) is 7.95. The quantitative estimate of drug-likeness (QED) is 0.664.